The zero-order chi connectivity index (χ0) is 15.2. The molecule has 2 rings (SSSR count). The van der Waals surface area contributed by atoms with Crippen LogP contribution < -0.4 is 0 Å². The van der Waals surface area contributed by atoms with E-state index in [1.165, 1.54) is 11.1 Å². The number of nitrogens with zero attached hydrogens (tertiary/aromatic N) is 1. The Morgan fingerprint density at radius 1 is 1.29 bits per heavy atom. The van der Waals surface area contributed by atoms with Crippen LogP contribution in [0, 0.1) is 0 Å². The van der Waals surface area contributed by atoms with Crippen molar-refractivity contribution in [3.63, 3.8) is 0 Å². The summed E-state index contributed by atoms with van der Waals surface area (Å²) in [4.78, 5) is 13.7. The van der Waals surface area contributed by atoms with Gasteiger partial charge in [-0.25, -0.2) is 0 Å². The summed E-state index contributed by atoms with van der Waals surface area (Å²) in [5.74, 6) is -0.675. The fraction of sp³-hybridized carbons (Fsp3) is 0.611. The van der Waals surface area contributed by atoms with Gasteiger partial charge in [0.15, 0.2) is 0 Å². The van der Waals surface area contributed by atoms with E-state index in [-0.39, 0.29) is 12.1 Å². The van der Waals surface area contributed by atoms with Gasteiger partial charge in [-0.2, -0.15) is 0 Å². The molecule has 116 valence electrons. The second-order valence-electron chi connectivity index (χ2n) is 6.11. The van der Waals surface area contributed by atoms with Crippen molar-refractivity contribution in [2.24, 2.45) is 0 Å². The van der Waals surface area contributed by atoms with Gasteiger partial charge in [-0.05, 0) is 43.9 Å². The molecule has 0 saturated carbocycles. The number of aryl methyl sites for hydroxylation is 1. The molecule has 1 aromatic rings. The van der Waals surface area contributed by atoms with Crippen LogP contribution in [0.4, 0.5) is 0 Å². The van der Waals surface area contributed by atoms with E-state index >= 15 is 0 Å². The number of carbonyl (C=O) groups is 1. The first-order valence-corrected chi connectivity index (χ1v) is 8.21. The average Bonchev–Trinajstić information content (AvgIpc) is 2.73. The van der Waals surface area contributed by atoms with Crippen LogP contribution in [0.2, 0.25) is 0 Å². The van der Waals surface area contributed by atoms with Gasteiger partial charge in [-0.1, -0.05) is 50.5 Å². The van der Waals surface area contributed by atoms with E-state index in [1.807, 2.05) is 0 Å². The van der Waals surface area contributed by atoms with E-state index in [1.54, 1.807) is 0 Å². The Morgan fingerprint density at radius 3 is 2.62 bits per heavy atom. The van der Waals surface area contributed by atoms with E-state index in [0.717, 1.165) is 45.1 Å². The lowest BCUT2D eigenvalue weighted by molar-refractivity contribution is -0.144. The minimum absolute atomic E-state index is 0.167. The molecule has 0 spiro atoms. The zero-order valence-corrected chi connectivity index (χ0v) is 13.2. The first kappa shape index (κ1) is 16.0. The molecular formula is C18H27NO2. The maximum absolute atomic E-state index is 11.6. The molecule has 2 unspecified atom stereocenters. The molecule has 3 nitrogen and oxygen atoms in total. The molecule has 0 aromatic heterocycles. The standard InChI is InChI=1S/C18H27NO2/c1-3-7-15-9-11-16(12-10-15)14(2)19-13-6-4-5-8-17(19)18(20)21/h9-12,14,17H,3-8,13H2,1-2H3,(H,20,21). The summed E-state index contributed by atoms with van der Waals surface area (Å²) < 4.78 is 0. The van der Waals surface area contributed by atoms with Crippen molar-refractivity contribution in [3.05, 3.63) is 35.4 Å². The first-order valence-electron chi connectivity index (χ1n) is 8.21. The Balaban J connectivity index is 2.15. The van der Waals surface area contributed by atoms with Crippen LogP contribution in [-0.4, -0.2) is 28.6 Å². The molecule has 1 N–H and O–H groups in total. The maximum atomic E-state index is 11.6. The third-order valence-electron chi connectivity index (χ3n) is 4.58. The van der Waals surface area contributed by atoms with Gasteiger partial charge in [0.05, 0.1) is 0 Å². The number of carboxylic acids is 1. The van der Waals surface area contributed by atoms with Crippen LogP contribution in [0.3, 0.4) is 0 Å². The fourth-order valence-corrected chi connectivity index (χ4v) is 3.30. The molecule has 1 aliphatic rings. The Kier molecular flexibility index (Phi) is 5.80. The van der Waals surface area contributed by atoms with Gasteiger partial charge in [-0.3, -0.25) is 9.69 Å². The monoisotopic (exact) mass is 289 g/mol. The number of carboxylic acid groups (broad SMARTS) is 1. The minimum atomic E-state index is -0.675. The van der Waals surface area contributed by atoms with Gasteiger partial charge in [-0.15, -0.1) is 0 Å². The number of aliphatic carboxylic acids is 1. The number of likely N-dealkylation sites (tertiary alicyclic amines) is 1. The van der Waals surface area contributed by atoms with Gasteiger partial charge in [0, 0.05) is 6.04 Å². The molecule has 0 amide bonds. The molecule has 0 radical (unpaired) electrons. The molecule has 21 heavy (non-hydrogen) atoms. The lowest BCUT2D eigenvalue weighted by Gasteiger charge is -2.33. The van der Waals surface area contributed by atoms with Crippen LogP contribution >= 0.6 is 0 Å². The summed E-state index contributed by atoms with van der Waals surface area (Å²) >= 11 is 0. The molecule has 0 aliphatic carbocycles. The van der Waals surface area contributed by atoms with E-state index in [0.29, 0.717) is 0 Å². The van der Waals surface area contributed by atoms with Crippen molar-refractivity contribution >= 4 is 5.97 Å². The van der Waals surface area contributed by atoms with Crippen LogP contribution in [0.5, 0.6) is 0 Å². The summed E-state index contributed by atoms with van der Waals surface area (Å²) in [5.41, 5.74) is 2.59. The lowest BCUT2D eigenvalue weighted by Crippen LogP contribution is -2.42. The topological polar surface area (TPSA) is 40.5 Å². The summed E-state index contributed by atoms with van der Waals surface area (Å²) in [6.07, 6.45) is 6.30. The quantitative estimate of drug-likeness (QED) is 0.889. The first-order chi connectivity index (χ1) is 10.1. The van der Waals surface area contributed by atoms with Crippen LogP contribution in [0.15, 0.2) is 24.3 Å². The highest BCUT2D eigenvalue weighted by molar-refractivity contribution is 5.73. The predicted octanol–water partition coefficient (Wildman–Crippen LogP) is 4.03. The highest BCUT2D eigenvalue weighted by atomic mass is 16.4. The second-order valence-corrected chi connectivity index (χ2v) is 6.11. The van der Waals surface area contributed by atoms with Crippen molar-refractivity contribution in [1.29, 1.82) is 0 Å². The van der Waals surface area contributed by atoms with Gasteiger partial charge in [0.25, 0.3) is 0 Å². The van der Waals surface area contributed by atoms with Gasteiger partial charge < -0.3 is 5.11 Å². The molecule has 2 atom stereocenters. The van der Waals surface area contributed by atoms with Crippen LogP contribution in [0.25, 0.3) is 0 Å². The number of hydrogen-bond donors (Lipinski definition) is 1. The van der Waals surface area contributed by atoms with E-state index < -0.39 is 5.97 Å². The summed E-state index contributed by atoms with van der Waals surface area (Å²) in [5, 5.41) is 9.50. The Hall–Kier alpha value is -1.35. The summed E-state index contributed by atoms with van der Waals surface area (Å²) in [7, 11) is 0. The van der Waals surface area contributed by atoms with E-state index in [2.05, 4.69) is 43.0 Å². The van der Waals surface area contributed by atoms with Crippen molar-refractivity contribution in [2.75, 3.05) is 6.54 Å². The van der Waals surface area contributed by atoms with Crippen molar-refractivity contribution < 1.29 is 9.90 Å². The predicted molar refractivity (Wildman–Crippen MR) is 85.4 cm³/mol. The largest absolute Gasteiger partial charge is 0.480 e. The van der Waals surface area contributed by atoms with Crippen LogP contribution in [-0.2, 0) is 11.2 Å². The Bertz CT molecular complexity index is 455. The molecule has 3 heteroatoms. The molecule has 0 bridgehead atoms. The summed E-state index contributed by atoms with van der Waals surface area (Å²) in [6.45, 7) is 5.20. The molecule has 1 aliphatic heterocycles. The highest BCUT2D eigenvalue weighted by Gasteiger charge is 2.30. The van der Waals surface area contributed by atoms with E-state index in [4.69, 9.17) is 0 Å². The fourth-order valence-electron chi connectivity index (χ4n) is 3.30. The Morgan fingerprint density at radius 2 is 2.00 bits per heavy atom. The highest BCUT2D eigenvalue weighted by Crippen LogP contribution is 2.28. The average molecular weight is 289 g/mol. The maximum Gasteiger partial charge on any atom is 0.320 e. The van der Waals surface area contributed by atoms with Crippen molar-refractivity contribution in [2.45, 2.75) is 64.5 Å². The minimum Gasteiger partial charge on any atom is -0.480 e. The van der Waals surface area contributed by atoms with Gasteiger partial charge >= 0.3 is 5.97 Å². The zero-order valence-electron chi connectivity index (χ0n) is 13.2. The molecule has 1 fully saturated rings. The molecular weight excluding hydrogens is 262 g/mol. The lowest BCUT2D eigenvalue weighted by atomic mass is 10.0. The van der Waals surface area contributed by atoms with Crippen molar-refractivity contribution in [1.82, 2.24) is 4.90 Å². The molecule has 1 heterocycles. The molecule has 1 saturated heterocycles. The normalized spacial score (nSPS) is 21.7. The Labute approximate surface area is 128 Å². The SMILES string of the molecule is CCCc1ccc(C(C)N2CCCCCC2C(=O)O)cc1. The van der Waals surface area contributed by atoms with Gasteiger partial charge in [0.1, 0.15) is 6.04 Å². The van der Waals surface area contributed by atoms with Crippen LogP contribution in [0.1, 0.15) is 63.1 Å². The van der Waals surface area contributed by atoms with E-state index in [9.17, 15) is 9.90 Å². The second kappa shape index (κ2) is 7.60. The number of benzene rings is 1. The third kappa shape index (κ3) is 4.07. The van der Waals surface area contributed by atoms with Gasteiger partial charge in [0.2, 0.25) is 0 Å². The summed E-state index contributed by atoms with van der Waals surface area (Å²) in [6, 6.07) is 8.53. The number of rotatable bonds is 5. The smallest absolute Gasteiger partial charge is 0.320 e. The third-order valence-corrected chi connectivity index (χ3v) is 4.58. The number of hydrogen-bond acceptors (Lipinski definition) is 2. The van der Waals surface area contributed by atoms with Crippen molar-refractivity contribution in [3.8, 4) is 0 Å². The molecule has 1 aromatic carbocycles.